The first-order chi connectivity index (χ1) is 20.8. The van der Waals surface area contributed by atoms with Gasteiger partial charge in [0.25, 0.3) is 5.91 Å². The molecule has 0 atom stereocenters. The third-order valence-corrected chi connectivity index (χ3v) is 8.94. The van der Waals surface area contributed by atoms with Gasteiger partial charge in [0, 0.05) is 49.2 Å². The number of piperidine rings is 2. The number of hydrogen-bond acceptors (Lipinski definition) is 8. The minimum atomic E-state index is -1.07. The standard InChI is InChI=1S/C31H36Cl2N6O4/c1-38-11-7-23(8-12-38)39-13-9-31(10-14-39,37-29(40)22-17-34-20-35-18-22)30(41)36-19-21-3-4-25(16-26(21)32)43-28-6-5-24(42-2)15-27(28)33/h3-6,15-18,20,23H,7-14,19H2,1-2H3,(H,36,41)(H,37,40). The second-order valence-electron chi connectivity index (χ2n) is 11.1. The summed E-state index contributed by atoms with van der Waals surface area (Å²) >= 11 is 12.9. The van der Waals surface area contributed by atoms with Crippen molar-refractivity contribution in [2.45, 2.75) is 43.8 Å². The zero-order valence-electron chi connectivity index (χ0n) is 24.3. The molecule has 2 amide bonds. The van der Waals surface area contributed by atoms with Crippen molar-refractivity contribution in [3.8, 4) is 17.2 Å². The van der Waals surface area contributed by atoms with E-state index in [2.05, 4.69) is 37.4 Å². The molecule has 0 unspecified atom stereocenters. The molecule has 3 aromatic rings. The summed E-state index contributed by atoms with van der Waals surface area (Å²) in [7, 11) is 3.71. The first kappa shape index (κ1) is 31.0. The fraction of sp³-hybridized carbons (Fsp3) is 0.419. The number of hydrogen-bond donors (Lipinski definition) is 2. The van der Waals surface area contributed by atoms with E-state index < -0.39 is 5.54 Å². The van der Waals surface area contributed by atoms with Crippen molar-refractivity contribution >= 4 is 35.0 Å². The largest absolute Gasteiger partial charge is 0.497 e. The van der Waals surface area contributed by atoms with Crippen molar-refractivity contribution in [1.29, 1.82) is 0 Å². The van der Waals surface area contributed by atoms with Gasteiger partial charge in [-0.2, -0.15) is 0 Å². The maximum absolute atomic E-state index is 13.8. The highest BCUT2D eigenvalue weighted by Crippen LogP contribution is 2.34. The van der Waals surface area contributed by atoms with E-state index in [0.29, 0.717) is 70.4 Å². The number of likely N-dealkylation sites (tertiary alicyclic amines) is 2. The van der Waals surface area contributed by atoms with Gasteiger partial charge in [0.05, 0.1) is 17.7 Å². The fourth-order valence-electron chi connectivity index (χ4n) is 5.64. The molecule has 2 fully saturated rings. The lowest BCUT2D eigenvalue weighted by Crippen LogP contribution is -2.64. The van der Waals surface area contributed by atoms with Crippen molar-refractivity contribution in [1.82, 2.24) is 30.4 Å². The highest BCUT2D eigenvalue weighted by atomic mass is 35.5. The third kappa shape index (κ3) is 7.56. The first-order valence-electron chi connectivity index (χ1n) is 14.3. The van der Waals surface area contributed by atoms with E-state index in [9.17, 15) is 9.59 Å². The van der Waals surface area contributed by atoms with E-state index in [0.717, 1.165) is 25.9 Å². The van der Waals surface area contributed by atoms with Gasteiger partial charge < -0.3 is 29.9 Å². The SMILES string of the molecule is COc1ccc(Oc2ccc(CNC(=O)C3(NC(=O)c4cncnc4)CCN(C4CCN(C)CC4)CC3)c(Cl)c2)c(Cl)c1. The number of nitrogens with one attached hydrogen (secondary N) is 2. The molecule has 43 heavy (non-hydrogen) atoms. The van der Waals surface area contributed by atoms with E-state index in [1.54, 1.807) is 43.5 Å². The number of halogens is 2. The van der Waals surface area contributed by atoms with Gasteiger partial charge in [-0.05, 0) is 75.6 Å². The molecule has 5 rings (SSSR count). The van der Waals surface area contributed by atoms with Crippen LogP contribution in [0.15, 0.2) is 55.1 Å². The monoisotopic (exact) mass is 626 g/mol. The molecule has 0 aliphatic carbocycles. The number of benzene rings is 2. The summed E-state index contributed by atoms with van der Waals surface area (Å²) in [6.45, 7) is 3.75. The van der Waals surface area contributed by atoms with Gasteiger partial charge >= 0.3 is 0 Å². The van der Waals surface area contributed by atoms with Crippen molar-refractivity contribution in [2.75, 3.05) is 40.3 Å². The summed E-state index contributed by atoms with van der Waals surface area (Å²) in [6.07, 6.45) is 7.46. The van der Waals surface area contributed by atoms with Crippen LogP contribution in [0.3, 0.4) is 0 Å². The van der Waals surface area contributed by atoms with E-state index in [1.165, 1.54) is 18.7 Å². The lowest BCUT2D eigenvalue weighted by atomic mass is 9.84. The molecule has 3 heterocycles. The Balaban J connectivity index is 1.26. The minimum Gasteiger partial charge on any atom is -0.497 e. The van der Waals surface area contributed by atoms with Crippen LogP contribution in [0.4, 0.5) is 0 Å². The number of aromatic nitrogens is 2. The van der Waals surface area contributed by atoms with Crippen molar-refractivity contribution in [3.63, 3.8) is 0 Å². The molecule has 10 nitrogen and oxygen atoms in total. The quantitative estimate of drug-likeness (QED) is 0.356. The predicted octanol–water partition coefficient (Wildman–Crippen LogP) is 4.56. The van der Waals surface area contributed by atoms with Gasteiger partial charge in [0.1, 0.15) is 29.1 Å². The number of carbonyl (C=O) groups is 2. The number of nitrogens with zero attached hydrogens (tertiary/aromatic N) is 4. The highest BCUT2D eigenvalue weighted by molar-refractivity contribution is 6.32. The summed E-state index contributed by atoms with van der Waals surface area (Å²) in [5.74, 6) is 0.970. The van der Waals surface area contributed by atoms with Crippen molar-refractivity contribution in [2.24, 2.45) is 0 Å². The fourth-order valence-corrected chi connectivity index (χ4v) is 6.09. The van der Waals surface area contributed by atoms with Gasteiger partial charge in [-0.3, -0.25) is 9.59 Å². The summed E-state index contributed by atoms with van der Waals surface area (Å²) < 4.78 is 11.1. The zero-order chi connectivity index (χ0) is 30.4. The van der Waals surface area contributed by atoms with E-state index in [1.807, 2.05) is 0 Å². The molecule has 0 bridgehead atoms. The van der Waals surface area contributed by atoms with Crippen LogP contribution in [0.2, 0.25) is 10.0 Å². The number of rotatable bonds is 9. The van der Waals surface area contributed by atoms with Gasteiger partial charge in [-0.15, -0.1) is 0 Å². The minimum absolute atomic E-state index is 0.186. The molecule has 1 aromatic heterocycles. The smallest absolute Gasteiger partial charge is 0.255 e. The summed E-state index contributed by atoms with van der Waals surface area (Å²) in [4.78, 5) is 39.7. The Hall–Kier alpha value is -3.44. The van der Waals surface area contributed by atoms with Crippen LogP contribution in [-0.4, -0.2) is 83.5 Å². The Morgan fingerprint density at radius 1 is 0.977 bits per heavy atom. The molecule has 0 radical (unpaired) electrons. The van der Waals surface area contributed by atoms with Crippen LogP contribution in [0.1, 0.15) is 41.6 Å². The van der Waals surface area contributed by atoms with Crippen molar-refractivity contribution < 1.29 is 19.1 Å². The van der Waals surface area contributed by atoms with Crippen LogP contribution in [0, 0.1) is 0 Å². The molecule has 12 heteroatoms. The highest BCUT2D eigenvalue weighted by Gasteiger charge is 2.44. The third-order valence-electron chi connectivity index (χ3n) is 8.30. The van der Waals surface area contributed by atoms with Gasteiger partial charge in [0.2, 0.25) is 5.91 Å². The lowest BCUT2D eigenvalue weighted by Gasteiger charge is -2.45. The zero-order valence-corrected chi connectivity index (χ0v) is 25.8. The molecule has 228 valence electrons. The van der Waals surface area contributed by atoms with Crippen LogP contribution < -0.4 is 20.1 Å². The second kappa shape index (κ2) is 13.9. The Morgan fingerprint density at radius 2 is 1.65 bits per heavy atom. The van der Waals surface area contributed by atoms with E-state index >= 15 is 0 Å². The maximum atomic E-state index is 13.8. The van der Waals surface area contributed by atoms with Gasteiger partial charge in [-0.25, -0.2) is 9.97 Å². The molecule has 2 saturated heterocycles. The topological polar surface area (TPSA) is 109 Å². The molecule has 2 aromatic carbocycles. The first-order valence-corrected chi connectivity index (χ1v) is 15.1. The predicted molar refractivity (Wildman–Crippen MR) is 165 cm³/mol. The average Bonchev–Trinajstić information content (AvgIpc) is 3.02. The normalized spacial score (nSPS) is 17.7. The second-order valence-corrected chi connectivity index (χ2v) is 11.9. The Bertz CT molecular complexity index is 1430. The van der Waals surface area contributed by atoms with E-state index in [4.69, 9.17) is 32.7 Å². The Labute approximate surface area is 261 Å². The molecule has 2 aliphatic rings. The van der Waals surface area contributed by atoms with Crippen LogP contribution in [-0.2, 0) is 11.3 Å². The summed E-state index contributed by atoms with van der Waals surface area (Å²) in [5, 5.41) is 6.90. The van der Waals surface area contributed by atoms with Crippen molar-refractivity contribution in [3.05, 3.63) is 76.3 Å². The Morgan fingerprint density at radius 3 is 2.30 bits per heavy atom. The molecule has 2 aliphatic heterocycles. The average molecular weight is 628 g/mol. The summed E-state index contributed by atoms with van der Waals surface area (Å²) in [5.41, 5.74) is -0.0527. The number of carbonyl (C=O) groups excluding carboxylic acids is 2. The molecule has 0 saturated carbocycles. The van der Waals surface area contributed by atoms with Crippen LogP contribution in [0.5, 0.6) is 17.2 Å². The lowest BCUT2D eigenvalue weighted by molar-refractivity contribution is -0.130. The van der Waals surface area contributed by atoms with Gasteiger partial charge in [0.15, 0.2) is 0 Å². The molecule has 0 spiro atoms. The van der Waals surface area contributed by atoms with Gasteiger partial charge in [-0.1, -0.05) is 29.3 Å². The molecule has 2 N–H and O–H groups in total. The van der Waals surface area contributed by atoms with Crippen LogP contribution >= 0.6 is 23.2 Å². The van der Waals surface area contributed by atoms with Crippen LogP contribution in [0.25, 0.3) is 0 Å². The summed E-state index contributed by atoms with van der Waals surface area (Å²) in [6, 6.07) is 10.9. The number of methoxy groups -OCH3 is 1. The maximum Gasteiger partial charge on any atom is 0.255 e. The molecular weight excluding hydrogens is 591 g/mol. The Kier molecular flexibility index (Phi) is 10.0. The number of ether oxygens (including phenoxy) is 2. The molecular formula is C31H36Cl2N6O4. The number of amides is 2. The van der Waals surface area contributed by atoms with E-state index in [-0.39, 0.29) is 18.4 Å².